The molecular weight excluding hydrogens is 427 g/mol. The van der Waals surface area contributed by atoms with Crippen molar-refractivity contribution < 1.29 is 22.8 Å². The normalized spacial score (nSPS) is 14.2. The topological polar surface area (TPSA) is 62.3 Å². The number of benzene rings is 2. The van der Waals surface area contributed by atoms with Gasteiger partial charge in [0.05, 0.1) is 5.56 Å². The van der Waals surface area contributed by atoms with E-state index in [1.807, 2.05) is 0 Å². The molecule has 160 valence electrons. The number of alkyl halides is 3. The van der Waals surface area contributed by atoms with E-state index in [-0.39, 0.29) is 18.2 Å². The first-order valence-electron chi connectivity index (χ1n) is 9.62. The van der Waals surface area contributed by atoms with E-state index >= 15 is 0 Å². The van der Waals surface area contributed by atoms with E-state index in [0.29, 0.717) is 34.9 Å². The van der Waals surface area contributed by atoms with Crippen LogP contribution in [-0.4, -0.2) is 23.3 Å². The Morgan fingerprint density at radius 1 is 1.16 bits per heavy atom. The molecule has 0 saturated carbocycles. The van der Waals surface area contributed by atoms with Crippen LogP contribution in [0.2, 0.25) is 0 Å². The van der Waals surface area contributed by atoms with E-state index in [4.69, 9.17) is 0 Å². The molecule has 0 bridgehead atoms. The Kier molecular flexibility index (Phi) is 5.77. The average Bonchev–Trinajstić information content (AvgIpc) is 3.36. The molecule has 31 heavy (non-hydrogen) atoms. The Morgan fingerprint density at radius 2 is 1.97 bits per heavy atom. The van der Waals surface area contributed by atoms with Gasteiger partial charge in [0, 0.05) is 41.7 Å². The van der Waals surface area contributed by atoms with E-state index < -0.39 is 11.7 Å². The SMILES string of the molecule is O=C(Nc1ncc(Cc2cccc(C(F)(F)F)c2)s1)c1cccc(N2CCCC2=O)c1. The highest BCUT2D eigenvalue weighted by Gasteiger charge is 2.30. The monoisotopic (exact) mass is 445 g/mol. The lowest BCUT2D eigenvalue weighted by molar-refractivity contribution is -0.137. The Labute approximate surface area is 180 Å². The van der Waals surface area contributed by atoms with Gasteiger partial charge in [-0.1, -0.05) is 24.3 Å². The highest BCUT2D eigenvalue weighted by molar-refractivity contribution is 7.15. The van der Waals surface area contributed by atoms with Crippen molar-refractivity contribution in [3.63, 3.8) is 0 Å². The number of carbonyl (C=O) groups excluding carboxylic acids is 2. The number of amides is 2. The number of thiazole rings is 1. The summed E-state index contributed by atoms with van der Waals surface area (Å²) < 4.78 is 38.7. The molecule has 1 aliphatic heterocycles. The van der Waals surface area contributed by atoms with Crippen molar-refractivity contribution in [2.75, 3.05) is 16.8 Å². The van der Waals surface area contributed by atoms with Gasteiger partial charge in [-0.25, -0.2) is 4.98 Å². The smallest absolute Gasteiger partial charge is 0.312 e. The first kappa shape index (κ1) is 21.0. The lowest BCUT2D eigenvalue weighted by Gasteiger charge is -2.16. The quantitative estimate of drug-likeness (QED) is 0.592. The summed E-state index contributed by atoms with van der Waals surface area (Å²) in [7, 11) is 0. The van der Waals surface area contributed by atoms with E-state index in [1.165, 1.54) is 17.4 Å². The molecule has 3 aromatic rings. The van der Waals surface area contributed by atoms with E-state index in [1.54, 1.807) is 41.4 Å². The lowest BCUT2D eigenvalue weighted by atomic mass is 10.1. The predicted octanol–water partition coefficient (Wildman–Crippen LogP) is 5.13. The predicted molar refractivity (Wildman–Crippen MR) is 112 cm³/mol. The number of anilines is 2. The van der Waals surface area contributed by atoms with Crippen LogP contribution in [0.1, 0.15) is 39.2 Å². The first-order valence-corrected chi connectivity index (χ1v) is 10.4. The molecule has 0 radical (unpaired) electrons. The summed E-state index contributed by atoms with van der Waals surface area (Å²) in [6.45, 7) is 0.634. The zero-order chi connectivity index (χ0) is 22.0. The number of hydrogen-bond donors (Lipinski definition) is 1. The molecule has 9 heteroatoms. The van der Waals surface area contributed by atoms with Gasteiger partial charge >= 0.3 is 6.18 Å². The van der Waals surface area contributed by atoms with Crippen LogP contribution in [0.25, 0.3) is 0 Å². The Morgan fingerprint density at radius 3 is 2.71 bits per heavy atom. The molecule has 0 spiro atoms. The summed E-state index contributed by atoms with van der Waals surface area (Å²) in [5, 5.41) is 3.07. The molecular formula is C22H18F3N3O2S. The standard InChI is InChI=1S/C22H18F3N3O2S/c23-22(24,25)16-6-1-4-14(10-16)11-18-13-26-21(31-18)27-20(30)15-5-2-7-17(12-15)28-9-3-8-19(28)29/h1-2,4-7,10,12-13H,3,8-9,11H2,(H,26,27,30). The fourth-order valence-electron chi connectivity index (χ4n) is 3.41. The van der Waals surface area contributed by atoms with Gasteiger partial charge in [0.1, 0.15) is 0 Å². The summed E-state index contributed by atoms with van der Waals surface area (Å²) in [4.78, 5) is 31.1. The zero-order valence-corrected chi connectivity index (χ0v) is 17.1. The molecule has 0 unspecified atom stereocenters. The summed E-state index contributed by atoms with van der Waals surface area (Å²) in [6.07, 6.45) is -1.27. The molecule has 1 saturated heterocycles. The maximum absolute atomic E-state index is 12.9. The summed E-state index contributed by atoms with van der Waals surface area (Å²) >= 11 is 1.21. The van der Waals surface area contributed by atoms with Crippen LogP contribution in [-0.2, 0) is 17.4 Å². The largest absolute Gasteiger partial charge is 0.416 e. The maximum atomic E-state index is 12.9. The zero-order valence-electron chi connectivity index (χ0n) is 16.3. The van der Waals surface area contributed by atoms with Crippen LogP contribution in [0.5, 0.6) is 0 Å². The Bertz CT molecular complexity index is 1130. The van der Waals surface area contributed by atoms with Gasteiger partial charge in [-0.2, -0.15) is 13.2 Å². The van der Waals surface area contributed by atoms with Gasteiger partial charge in [0.2, 0.25) is 5.91 Å². The van der Waals surface area contributed by atoms with Crippen LogP contribution in [0.3, 0.4) is 0 Å². The van der Waals surface area contributed by atoms with Crippen molar-refractivity contribution >= 4 is 34.0 Å². The molecule has 1 fully saturated rings. The first-order chi connectivity index (χ1) is 14.8. The van der Waals surface area contributed by atoms with Crippen molar-refractivity contribution in [1.82, 2.24) is 4.98 Å². The van der Waals surface area contributed by atoms with Gasteiger partial charge in [-0.3, -0.25) is 14.9 Å². The van der Waals surface area contributed by atoms with Crippen molar-refractivity contribution in [2.24, 2.45) is 0 Å². The van der Waals surface area contributed by atoms with Crippen LogP contribution in [0, 0.1) is 0 Å². The highest BCUT2D eigenvalue weighted by Crippen LogP contribution is 2.31. The molecule has 4 rings (SSSR count). The number of hydrogen-bond acceptors (Lipinski definition) is 4. The minimum Gasteiger partial charge on any atom is -0.312 e. The van der Waals surface area contributed by atoms with Gasteiger partial charge in [0.25, 0.3) is 5.91 Å². The number of rotatable bonds is 5. The minimum atomic E-state index is -4.39. The molecule has 2 amide bonds. The Hall–Kier alpha value is -3.20. The van der Waals surface area contributed by atoms with Gasteiger partial charge in [-0.15, -0.1) is 11.3 Å². The molecule has 2 aromatic carbocycles. The second kappa shape index (κ2) is 8.50. The van der Waals surface area contributed by atoms with Gasteiger partial charge in [-0.05, 0) is 36.2 Å². The Balaban J connectivity index is 1.43. The fourth-order valence-corrected chi connectivity index (χ4v) is 4.25. The molecule has 1 aliphatic rings. The van der Waals surface area contributed by atoms with Crippen LogP contribution in [0.15, 0.2) is 54.7 Å². The van der Waals surface area contributed by atoms with Crippen LogP contribution < -0.4 is 10.2 Å². The fraction of sp³-hybridized carbons (Fsp3) is 0.227. The number of nitrogens with zero attached hydrogens (tertiary/aromatic N) is 2. The summed E-state index contributed by atoms with van der Waals surface area (Å²) in [5.41, 5.74) is 0.894. The highest BCUT2D eigenvalue weighted by atomic mass is 32.1. The van der Waals surface area contributed by atoms with Crippen molar-refractivity contribution in [2.45, 2.75) is 25.4 Å². The van der Waals surface area contributed by atoms with Crippen molar-refractivity contribution in [3.05, 3.63) is 76.3 Å². The molecule has 5 nitrogen and oxygen atoms in total. The second-order valence-corrected chi connectivity index (χ2v) is 8.28. The molecule has 2 heterocycles. The lowest BCUT2D eigenvalue weighted by Crippen LogP contribution is -2.24. The van der Waals surface area contributed by atoms with Crippen LogP contribution >= 0.6 is 11.3 Å². The third kappa shape index (κ3) is 4.93. The third-order valence-electron chi connectivity index (χ3n) is 4.90. The molecule has 1 aromatic heterocycles. The van der Waals surface area contributed by atoms with E-state index in [9.17, 15) is 22.8 Å². The van der Waals surface area contributed by atoms with Crippen molar-refractivity contribution in [1.29, 1.82) is 0 Å². The summed E-state index contributed by atoms with van der Waals surface area (Å²) in [5.74, 6) is -0.329. The number of aromatic nitrogens is 1. The summed E-state index contributed by atoms with van der Waals surface area (Å²) in [6, 6.07) is 12.0. The second-order valence-electron chi connectivity index (χ2n) is 7.16. The van der Waals surface area contributed by atoms with Crippen LogP contribution in [0.4, 0.5) is 24.0 Å². The third-order valence-corrected chi connectivity index (χ3v) is 5.81. The van der Waals surface area contributed by atoms with Gasteiger partial charge in [0.15, 0.2) is 5.13 Å². The minimum absolute atomic E-state index is 0.0386. The number of nitrogens with one attached hydrogen (secondary N) is 1. The van der Waals surface area contributed by atoms with E-state index in [0.717, 1.165) is 23.4 Å². The molecule has 0 aliphatic carbocycles. The van der Waals surface area contributed by atoms with Crippen molar-refractivity contribution in [3.8, 4) is 0 Å². The van der Waals surface area contributed by atoms with Gasteiger partial charge < -0.3 is 4.90 Å². The maximum Gasteiger partial charge on any atom is 0.416 e. The van der Waals surface area contributed by atoms with E-state index in [2.05, 4.69) is 10.3 Å². The molecule has 0 atom stereocenters. The number of carbonyl (C=O) groups is 2. The number of halogens is 3. The molecule has 1 N–H and O–H groups in total. The average molecular weight is 445 g/mol.